The fourth-order valence-corrected chi connectivity index (χ4v) is 1.77. The summed E-state index contributed by atoms with van der Waals surface area (Å²) in [5, 5.41) is 8.63. The zero-order chi connectivity index (χ0) is 15.1. The normalized spacial score (nSPS) is 11.2. The van der Waals surface area contributed by atoms with Gasteiger partial charge in [-0.05, 0) is 35.9 Å². The molecule has 0 aliphatic carbocycles. The Balaban J connectivity index is 2.98. The molecule has 0 aliphatic heterocycles. The van der Waals surface area contributed by atoms with Gasteiger partial charge in [0.2, 0.25) is 5.91 Å². The minimum absolute atomic E-state index is 0.0932. The van der Waals surface area contributed by atoms with Crippen LogP contribution in [0.15, 0.2) is 24.3 Å². The number of rotatable bonds is 7. The van der Waals surface area contributed by atoms with Gasteiger partial charge in [0.1, 0.15) is 5.82 Å². The number of carboxylic acid groups (broad SMARTS) is 1. The van der Waals surface area contributed by atoms with Gasteiger partial charge in [-0.1, -0.05) is 13.0 Å². The molecule has 0 saturated heterocycles. The summed E-state index contributed by atoms with van der Waals surface area (Å²) in [6.45, 7) is 2.95. The molecule has 0 atom stereocenters. The van der Waals surface area contributed by atoms with Gasteiger partial charge in [-0.3, -0.25) is 9.69 Å². The number of carboxylic acids is 1. The molecule has 0 fully saturated rings. The molecule has 6 heteroatoms. The second kappa shape index (κ2) is 7.40. The lowest BCUT2D eigenvalue weighted by molar-refractivity contribution is -0.131. The second-order valence-corrected chi connectivity index (χ2v) is 4.28. The van der Waals surface area contributed by atoms with E-state index in [-0.39, 0.29) is 6.54 Å². The van der Waals surface area contributed by atoms with Crippen molar-refractivity contribution in [2.75, 3.05) is 13.1 Å². The number of carbonyl (C=O) groups is 2. The molecule has 0 heterocycles. The van der Waals surface area contributed by atoms with Crippen molar-refractivity contribution in [2.24, 2.45) is 5.73 Å². The fraction of sp³-hybridized carbons (Fsp3) is 0.286. The monoisotopic (exact) mass is 280 g/mol. The maximum Gasteiger partial charge on any atom is 0.328 e. The van der Waals surface area contributed by atoms with Crippen molar-refractivity contribution in [1.82, 2.24) is 4.90 Å². The standard InChI is InChI=1S/C14H17FN2O3/c1-2-17(9-13(16)18)8-11-3-5-12(15)7-10(11)4-6-14(19)20/h3-7H,2,8-9H2,1H3,(H2,16,18)(H,19,20)/b6-4+. The van der Waals surface area contributed by atoms with Crippen LogP contribution >= 0.6 is 0 Å². The number of benzene rings is 1. The average Bonchev–Trinajstić information content (AvgIpc) is 2.37. The SMILES string of the molecule is CCN(CC(N)=O)Cc1ccc(F)cc1/C=C/C(=O)O. The Labute approximate surface area is 116 Å². The van der Waals surface area contributed by atoms with Crippen molar-refractivity contribution >= 4 is 18.0 Å². The minimum atomic E-state index is -1.11. The molecule has 1 aromatic carbocycles. The fourth-order valence-electron chi connectivity index (χ4n) is 1.77. The Morgan fingerprint density at radius 3 is 2.70 bits per heavy atom. The molecule has 108 valence electrons. The van der Waals surface area contributed by atoms with Gasteiger partial charge in [-0.25, -0.2) is 9.18 Å². The molecule has 1 rings (SSSR count). The zero-order valence-corrected chi connectivity index (χ0v) is 11.2. The first-order chi connectivity index (χ1) is 9.42. The van der Waals surface area contributed by atoms with E-state index in [1.807, 2.05) is 6.92 Å². The number of aliphatic carboxylic acids is 1. The first-order valence-corrected chi connectivity index (χ1v) is 6.12. The summed E-state index contributed by atoms with van der Waals surface area (Å²) in [5.74, 6) is -2.00. The van der Waals surface area contributed by atoms with Crippen LogP contribution in [0, 0.1) is 5.82 Å². The van der Waals surface area contributed by atoms with Crippen LogP contribution in [-0.4, -0.2) is 35.0 Å². The number of nitrogens with zero attached hydrogens (tertiary/aromatic N) is 1. The molecule has 0 aromatic heterocycles. The van der Waals surface area contributed by atoms with Gasteiger partial charge in [0.05, 0.1) is 6.54 Å². The van der Waals surface area contributed by atoms with Crippen molar-refractivity contribution in [1.29, 1.82) is 0 Å². The summed E-state index contributed by atoms with van der Waals surface area (Å²) in [5.41, 5.74) is 6.35. The summed E-state index contributed by atoms with van der Waals surface area (Å²) >= 11 is 0. The van der Waals surface area contributed by atoms with Gasteiger partial charge in [0, 0.05) is 12.6 Å². The molecule has 0 spiro atoms. The molecule has 1 amide bonds. The van der Waals surface area contributed by atoms with E-state index < -0.39 is 17.7 Å². The van der Waals surface area contributed by atoms with Crippen molar-refractivity contribution in [3.63, 3.8) is 0 Å². The number of primary amides is 1. The smallest absolute Gasteiger partial charge is 0.328 e. The van der Waals surface area contributed by atoms with E-state index in [9.17, 15) is 14.0 Å². The Morgan fingerprint density at radius 2 is 2.15 bits per heavy atom. The Hall–Kier alpha value is -2.21. The van der Waals surface area contributed by atoms with E-state index in [1.165, 1.54) is 18.2 Å². The highest BCUT2D eigenvalue weighted by molar-refractivity contribution is 5.85. The lowest BCUT2D eigenvalue weighted by Gasteiger charge is -2.19. The van der Waals surface area contributed by atoms with Crippen molar-refractivity contribution in [3.8, 4) is 0 Å². The maximum absolute atomic E-state index is 13.2. The van der Waals surface area contributed by atoms with Crippen LogP contribution < -0.4 is 5.73 Å². The predicted octanol–water partition coefficient (Wildman–Crippen LogP) is 1.23. The van der Waals surface area contributed by atoms with Crippen LogP contribution in [0.25, 0.3) is 6.08 Å². The summed E-state index contributed by atoms with van der Waals surface area (Å²) < 4.78 is 13.2. The van der Waals surface area contributed by atoms with Gasteiger partial charge >= 0.3 is 5.97 Å². The Morgan fingerprint density at radius 1 is 1.45 bits per heavy atom. The molecule has 0 bridgehead atoms. The summed E-state index contributed by atoms with van der Waals surface area (Å²) in [6, 6.07) is 4.12. The predicted molar refractivity (Wildman–Crippen MR) is 73.2 cm³/mol. The highest BCUT2D eigenvalue weighted by atomic mass is 19.1. The van der Waals surface area contributed by atoms with E-state index in [4.69, 9.17) is 10.8 Å². The van der Waals surface area contributed by atoms with Crippen LogP contribution in [0.4, 0.5) is 4.39 Å². The summed E-state index contributed by atoms with van der Waals surface area (Å²) in [4.78, 5) is 23.3. The molecule has 5 nitrogen and oxygen atoms in total. The third-order valence-corrected chi connectivity index (χ3v) is 2.73. The molecule has 20 heavy (non-hydrogen) atoms. The number of hydrogen-bond acceptors (Lipinski definition) is 3. The molecule has 0 aliphatic rings. The van der Waals surface area contributed by atoms with E-state index in [0.29, 0.717) is 18.7 Å². The second-order valence-electron chi connectivity index (χ2n) is 4.28. The van der Waals surface area contributed by atoms with Gasteiger partial charge in [0.25, 0.3) is 0 Å². The molecular weight excluding hydrogens is 263 g/mol. The van der Waals surface area contributed by atoms with Crippen LogP contribution in [0.5, 0.6) is 0 Å². The van der Waals surface area contributed by atoms with Crippen molar-refractivity contribution < 1.29 is 19.1 Å². The zero-order valence-electron chi connectivity index (χ0n) is 11.2. The van der Waals surface area contributed by atoms with Crippen molar-refractivity contribution in [2.45, 2.75) is 13.5 Å². The van der Waals surface area contributed by atoms with E-state index >= 15 is 0 Å². The molecule has 0 saturated carbocycles. The first kappa shape index (κ1) is 15.8. The number of hydrogen-bond donors (Lipinski definition) is 2. The van der Waals surface area contributed by atoms with Crippen molar-refractivity contribution in [3.05, 3.63) is 41.2 Å². The molecular formula is C14H17FN2O3. The summed E-state index contributed by atoms with van der Waals surface area (Å²) in [7, 11) is 0. The van der Waals surface area contributed by atoms with Crippen LogP contribution in [0.3, 0.4) is 0 Å². The van der Waals surface area contributed by atoms with Gasteiger partial charge in [-0.2, -0.15) is 0 Å². The molecule has 1 aromatic rings. The molecule has 0 unspecified atom stereocenters. The first-order valence-electron chi connectivity index (χ1n) is 6.12. The number of halogens is 1. The third kappa shape index (κ3) is 5.19. The third-order valence-electron chi connectivity index (χ3n) is 2.73. The number of carbonyl (C=O) groups excluding carboxylic acids is 1. The summed E-state index contributed by atoms with van der Waals surface area (Å²) in [6.07, 6.45) is 2.28. The minimum Gasteiger partial charge on any atom is -0.478 e. The Kier molecular flexibility index (Phi) is 5.86. The lowest BCUT2D eigenvalue weighted by Crippen LogP contribution is -2.33. The van der Waals surface area contributed by atoms with Gasteiger partial charge in [0.15, 0.2) is 0 Å². The quantitative estimate of drug-likeness (QED) is 0.736. The maximum atomic E-state index is 13.2. The van der Waals surface area contributed by atoms with E-state index in [0.717, 1.165) is 11.6 Å². The number of likely N-dealkylation sites (N-methyl/N-ethyl adjacent to an activating group) is 1. The van der Waals surface area contributed by atoms with E-state index in [1.54, 1.807) is 11.0 Å². The Bertz CT molecular complexity index is 529. The highest BCUT2D eigenvalue weighted by Gasteiger charge is 2.10. The van der Waals surface area contributed by atoms with Crippen LogP contribution in [0.2, 0.25) is 0 Å². The van der Waals surface area contributed by atoms with Gasteiger partial charge in [-0.15, -0.1) is 0 Å². The average molecular weight is 280 g/mol. The molecule has 0 radical (unpaired) electrons. The van der Waals surface area contributed by atoms with Crippen LogP contribution in [0.1, 0.15) is 18.1 Å². The lowest BCUT2D eigenvalue weighted by atomic mass is 10.1. The topological polar surface area (TPSA) is 83.6 Å². The highest BCUT2D eigenvalue weighted by Crippen LogP contribution is 2.15. The number of amides is 1. The van der Waals surface area contributed by atoms with Gasteiger partial charge < -0.3 is 10.8 Å². The van der Waals surface area contributed by atoms with E-state index in [2.05, 4.69) is 0 Å². The van der Waals surface area contributed by atoms with Crippen LogP contribution in [-0.2, 0) is 16.1 Å². The number of nitrogens with two attached hydrogens (primary N) is 1. The molecule has 3 N–H and O–H groups in total. The largest absolute Gasteiger partial charge is 0.478 e.